The summed E-state index contributed by atoms with van der Waals surface area (Å²) in [6.45, 7) is 0. The highest BCUT2D eigenvalue weighted by molar-refractivity contribution is 5.98. The number of carbonyl (C=O) groups excluding carboxylic acids is 1. The predicted octanol–water partition coefficient (Wildman–Crippen LogP) is 2.32. The van der Waals surface area contributed by atoms with Crippen LogP contribution in [0.5, 0.6) is 0 Å². The number of benzene rings is 2. The van der Waals surface area contributed by atoms with Crippen LogP contribution in [0.25, 0.3) is 0 Å². The van der Waals surface area contributed by atoms with Crippen molar-refractivity contribution in [1.29, 1.82) is 0 Å². The number of carbonyl (C=O) groups is 1. The van der Waals surface area contributed by atoms with Crippen LogP contribution in [0, 0.1) is 0 Å². The molecule has 4 nitrogen and oxygen atoms in total. The molecule has 0 saturated heterocycles. The third-order valence-corrected chi connectivity index (χ3v) is 3.45. The first-order valence-corrected chi connectivity index (χ1v) is 6.86. The van der Waals surface area contributed by atoms with Crippen molar-refractivity contribution in [3.05, 3.63) is 71.8 Å². The zero-order chi connectivity index (χ0) is 14.7. The highest BCUT2D eigenvalue weighted by Gasteiger charge is 2.37. The van der Waals surface area contributed by atoms with Crippen molar-refractivity contribution in [3.63, 3.8) is 0 Å². The molecule has 0 radical (unpaired) electrons. The van der Waals surface area contributed by atoms with E-state index in [0.29, 0.717) is 5.90 Å². The molecule has 1 aliphatic heterocycles. The Morgan fingerprint density at radius 3 is 2.29 bits per heavy atom. The summed E-state index contributed by atoms with van der Waals surface area (Å²) >= 11 is 0. The number of hydrogen-bond donors (Lipinski definition) is 1. The Kier molecular flexibility index (Phi) is 3.69. The number of ether oxygens (including phenoxy) is 1. The van der Waals surface area contributed by atoms with Crippen molar-refractivity contribution in [2.45, 2.75) is 12.1 Å². The first-order valence-electron chi connectivity index (χ1n) is 6.86. The van der Waals surface area contributed by atoms with Crippen molar-refractivity contribution in [2.75, 3.05) is 7.05 Å². The van der Waals surface area contributed by atoms with Gasteiger partial charge in [-0.2, -0.15) is 0 Å². The molecule has 0 aliphatic carbocycles. The molecular formula is C17H16N2O2. The fourth-order valence-corrected chi connectivity index (χ4v) is 2.37. The molecule has 2 aromatic carbocycles. The van der Waals surface area contributed by atoms with Gasteiger partial charge in [0.15, 0.2) is 0 Å². The molecule has 1 heterocycles. The first-order chi connectivity index (χ1) is 10.3. The average molecular weight is 280 g/mol. The second-order valence-corrected chi connectivity index (χ2v) is 4.81. The van der Waals surface area contributed by atoms with E-state index in [1.165, 1.54) is 0 Å². The summed E-state index contributed by atoms with van der Waals surface area (Å²) in [5, 5.41) is 2.64. The molecule has 106 valence electrons. The van der Waals surface area contributed by atoms with Gasteiger partial charge in [-0.3, -0.25) is 4.79 Å². The molecule has 3 rings (SSSR count). The van der Waals surface area contributed by atoms with Crippen molar-refractivity contribution >= 4 is 11.8 Å². The Morgan fingerprint density at radius 2 is 1.67 bits per heavy atom. The lowest BCUT2D eigenvalue weighted by Crippen LogP contribution is -2.36. The van der Waals surface area contributed by atoms with Gasteiger partial charge < -0.3 is 10.1 Å². The molecule has 4 heteroatoms. The van der Waals surface area contributed by atoms with Gasteiger partial charge >= 0.3 is 0 Å². The molecule has 1 aliphatic rings. The Hall–Kier alpha value is -2.62. The van der Waals surface area contributed by atoms with E-state index < -0.39 is 6.10 Å². The maximum absolute atomic E-state index is 12.1. The van der Waals surface area contributed by atoms with E-state index in [-0.39, 0.29) is 11.9 Å². The molecule has 0 bridgehead atoms. The van der Waals surface area contributed by atoms with E-state index in [4.69, 9.17) is 4.74 Å². The van der Waals surface area contributed by atoms with E-state index in [2.05, 4.69) is 10.3 Å². The van der Waals surface area contributed by atoms with Gasteiger partial charge in [0.1, 0.15) is 6.04 Å². The first kappa shape index (κ1) is 13.4. The van der Waals surface area contributed by atoms with Crippen molar-refractivity contribution in [2.24, 2.45) is 4.99 Å². The molecule has 2 atom stereocenters. The second kappa shape index (κ2) is 5.79. The SMILES string of the molecule is CNC(=O)[C@H]1OC(c2ccccc2)=N[C@H]1c1ccccc1. The number of rotatable bonds is 3. The van der Waals surface area contributed by atoms with Crippen LogP contribution in [-0.4, -0.2) is 25.0 Å². The van der Waals surface area contributed by atoms with Gasteiger partial charge in [0.2, 0.25) is 12.0 Å². The monoisotopic (exact) mass is 280 g/mol. The van der Waals surface area contributed by atoms with Gasteiger partial charge in [0.25, 0.3) is 5.91 Å². The fourth-order valence-electron chi connectivity index (χ4n) is 2.37. The minimum absolute atomic E-state index is 0.168. The van der Waals surface area contributed by atoms with Gasteiger partial charge in [-0.15, -0.1) is 0 Å². The standard InChI is InChI=1S/C17H16N2O2/c1-18-16(20)15-14(12-8-4-2-5-9-12)19-17(21-15)13-10-6-3-7-11-13/h2-11,14-15H,1H3,(H,18,20)/t14-,15-/m0/s1. The lowest BCUT2D eigenvalue weighted by atomic mass is 10.0. The Balaban J connectivity index is 1.97. The van der Waals surface area contributed by atoms with Crippen LogP contribution in [0.1, 0.15) is 17.2 Å². The summed E-state index contributed by atoms with van der Waals surface area (Å²) in [4.78, 5) is 16.7. The van der Waals surface area contributed by atoms with Gasteiger partial charge in [0, 0.05) is 12.6 Å². The fraction of sp³-hybridized carbons (Fsp3) is 0.176. The highest BCUT2D eigenvalue weighted by Crippen LogP contribution is 2.31. The van der Waals surface area contributed by atoms with Gasteiger partial charge in [0.05, 0.1) is 0 Å². The largest absolute Gasteiger partial charge is 0.461 e. The van der Waals surface area contributed by atoms with Crippen LogP contribution in [0.2, 0.25) is 0 Å². The van der Waals surface area contributed by atoms with Crippen molar-refractivity contribution < 1.29 is 9.53 Å². The quantitative estimate of drug-likeness (QED) is 0.938. The highest BCUT2D eigenvalue weighted by atomic mass is 16.5. The molecule has 0 aromatic heterocycles. The zero-order valence-corrected chi connectivity index (χ0v) is 11.7. The van der Waals surface area contributed by atoms with E-state index in [1.54, 1.807) is 7.05 Å². The van der Waals surface area contributed by atoms with E-state index in [0.717, 1.165) is 11.1 Å². The Labute approximate surface area is 123 Å². The molecule has 0 unspecified atom stereocenters. The van der Waals surface area contributed by atoms with Crippen LogP contribution in [0.3, 0.4) is 0 Å². The third-order valence-electron chi connectivity index (χ3n) is 3.45. The molecule has 0 saturated carbocycles. The average Bonchev–Trinajstić information content (AvgIpc) is 3.01. The Morgan fingerprint density at radius 1 is 1.05 bits per heavy atom. The van der Waals surface area contributed by atoms with Crippen LogP contribution in [0.15, 0.2) is 65.7 Å². The third kappa shape index (κ3) is 2.65. The summed E-state index contributed by atoms with van der Waals surface area (Å²) in [5.41, 5.74) is 1.85. The number of nitrogens with zero attached hydrogens (tertiary/aromatic N) is 1. The molecule has 1 amide bonds. The zero-order valence-electron chi connectivity index (χ0n) is 11.7. The van der Waals surface area contributed by atoms with Crippen LogP contribution >= 0.6 is 0 Å². The summed E-state index contributed by atoms with van der Waals surface area (Å²) in [5.74, 6) is 0.344. The van der Waals surface area contributed by atoms with E-state index >= 15 is 0 Å². The van der Waals surface area contributed by atoms with Gasteiger partial charge in [-0.25, -0.2) is 4.99 Å². The number of amides is 1. The minimum Gasteiger partial charge on any atom is -0.461 e. The van der Waals surface area contributed by atoms with Crippen molar-refractivity contribution in [3.8, 4) is 0 Å². The molecule has 0 fully saturated rings. The van der Waals surface area contributed by atoms with Crippen LogP contribution < -0.4 is 5.32 Å². The number of likely N-dealkylation sites (N-methyl/N-ethyl adjacent to an activating group) is 1. The second-order valence-electron chi connectivity index (χ2n) is 4.81. The number of hydrogen-bond acceptors (Lipinski definition) is 3. The maximum Gasteiger partial charge on any atom is 0.263 e. The number of nitrogens with one attached hydrogen (secondary N) is 1. The summed E-state index contributed by atoms with van der Waals surface area (Å²) in [7, 11) is 1.61. The Bertz CT molecular complexity index is 653. The van der Waals surface area contributed by atoms with E-state index in [9.17, 15) is 4.79 Å². The van der Waals surface area contributed by atoms with Gasteiger partial charge in [-0.1, -0.05) is 48.5 Å². The minimum atomic E-state index is -0.632. The molecule has 21 heavy (non-hydrogen) atoms. The molecule has 1 N–H and O–H groups in total. The molecule has 0 spiro atoms. The van der Waals surface area contributed by atoms with Crippen LogP contribution in [-0.2, 0) is 9.53 Å². The van der Waals surface area contributed by atoms with Crippen LogP contribution in [0.4, 0.5) is 0 Å². The maximum atomic E-state index is 12.1. The topological polar surface area (TPSA) is 50.7 Å². The summed E-state index contributed by atoms with van der Waals surface area (Å²) in [6, 6.07) is 19.0. The molecule has 2 aromatic rings. The summed E-state index contributed by atoms with van der Waals surface area (Å²) in [6.07, 6.45) is -0.632. The smallest absolute Gasteiger partial charge is 0.263 e. The predicted molar refractivity (Wildman–Crippen MR) is 81.1 cm³/mol. The lowest BCUT2D eigenvalue weighted by Gasteiger charge is -2.16. The number of aliphatic imine (C=N–C) groups is 1. The summed E-state index contributed by atoms with van der Waals surface area (Å²) < 4.78 is 5.81. The van der Waals surface area contributed by atoms with E-state index in [1.807, 2.05) is 60.7 Å². The molecular weight excluding hydrogens is 264 g/mol. The van der Waals surface area contributed by atoms with Crippen molar-refractivity contribution in [1.82, 2.24) is 5.32 Å². The lowest BCUT2D eigenvalue weighted by molar-refractivity contribution is -0.128. The van der Waals surface area contributed by atoms with Gasteiger partial charge in [-0.05, 0) is 17.7 Å². The normalized spacial score (nSPS) is 20.5.